The molecule has 0 aliphatic rings. The van der Waals surface area contributed by atoms with Crippen molar-refractivity contribution in [2.24, 2.45) is 0 Å². The lowest BCUT2D eigenvalue weighted by Crippen LogP contribution is -2.08. The molecule has 1 atom stereocenters. The van der Waals surface area contributed by atoms with E-state index in [9.17, 15) is 5.11 Å². The first-order valence-electron chi connectivity index (χ1n) is 5.96. The van der Waals surface area contributed by atoms with Crippen molar-refractivity contribution >= 4 is 11.6 Å². The van der Waals surface area contributed by atoms with Gasteiger partial charge in [0.2, 0.25) is 11.8 Å². The minimum Gasteiger partial charge on any atom is -0.480 e. The molecule has 0 saturated heterocycles. The van der Waals surface area contributed by atoms with Crippen LogP contribution in [0.2, 0.25) is 5.02 Å². The van der Waals surface area contributed by atoms with E-state index in [0.29, 0.717) is 22.2 Å². The summed E-state index contributed by atoms with van der Waals surface area (Å²) >= 11 is 6.07. The van der Waals surface area contributed by atoms with E-state index in [1.807, 2.05) is 6.92 Å². The maximum Gasteiger partial charge on any atom is 0.241 e. The monoisotopic (exact) mass is 294 g/mol. The van der Waals surface area contributed by atoms with Crippen molar-refractivity contribution in [3.63, 3.8) is 0 Å². The van der Waals surface area contributed by atoms with E-state index < -0.39 is 6.10 Å². The fourth-order valence-corrected chi connectivity index (χ4v) is 2.05. The predicted octanol–water partition coefficient (Wildman–Crippen LogP) is 2.54. The molecule has 0 amide bonds. The van der Waals surface area contributed by atoms with Gasteiger partial charge < -0.3 is 14.6 Å². The number of aromatic nitrogens is 2. The first kappa shape index (κ1) is 14.6. The Morgan fingerprint density at radius 2 is 2.00 bits per heavy atom. The van der Waals surface area contributed by atoms with Crippen LogP contribution in [0.15, 0.2) is 24.4 Å². The van der Waals surface area contributed by atoms with Gasteiger partial charge in [-0.2, -0.15) is 4.98 Å². The lowest BCUT2D eigenvalue weighted by molar-refractivity contribution is 0.206. The molecule has 0 aliphatic carbocycles. The van der Waals surface area contributed by atoms with Gasteiger partial charge in [-0.25, -0.2) is 4.98 Å². The van der Waals surface area contributed by atoms with Crippen LogP contribution >= 0.6 is 11.6 Å². The summed E-state index contributed by atoms with van der Waals surface area (Å²) in [4.78, 5) is 8.27. The van der Waals surface area contributed by atoms with Crippen molar-refractivity contribution in [3.05, 3.63) is 46.2 Å². The molecule has 1 unspecified atom stereocenters. The second kappa shape index (κ2) is 6.07. The molecule has 1 heterocycles. The number of ether oxygens (including phenoxy) is 2. The number of aliphatic hydroxyl groups is 1. The lowest BCUT2D eigenvalue weighted by Gasteiger charge is -2.16. The van der Waals surface area contributed by atoms with Gasteiger partial charge in [-0.1, -0.05) is 23.7 Å². The van der Waals surface area contributed by atoms with E-state index in [-0.39, 0.29) is 5.88 Å². The zero-order valence-corrected chi connectivity index (χ0v) is 12.2. The van der Waals surface area contributed by atoms with Gasteiger partial charge in [-0.05, 0) is 24.1 Å². The Morgan fingerprint density at radius 3 is 2.65 bits per heavy atom. The van der Waals surface area contributed by atoms with Gasteiger partial charge in [0.25, 0.3) is 0 Å². The average molecular weight is 295 g/mol. The first-order chi connectivity index (χ1) is 9.58. The standard InChI is InChI=1S/C14H15ClN2O3/c1-8-9(5-4-6-10(8)15)13(18)12-14(20-3)17-11(19-2)7-16-12/h4-7,13,18H,1-3H3. The predicted molar refractivity (Wildman–Crippen MR) is 75.4 cm³/mol. The molecule has 0 aliphatic heterocycles. The van der Waals surface area contributed by atoms with Crippen molar-refractivity contribution in [1.29, 1.82) is 0 Å². The lowest BCUT2D eigenvalue weighted by atomic mass is 10.0. The molecule has 1 aromatic heterocycles. The molecule has 106 valence electrons. The molecule has 0 bridgehead atoms. The normalized spacial score (nSPS) is 12.1. The van der Waals surface area contributed by atoms with E-state index in [0.717, 1.165) is 5.56 Å². The van der Waals surface area contributed by atoms with Crippen LogP contribution in [0.25, 0.3) is 0 Å². The van der Waals surface area contributed by atoms with Crippen LogP contribution in [0, 0.1) is 6.92 Å². The fraction of sp³-hybridized carbons (Fsp3) is 0.286. The maximum atomic E-state index is 10.5. The Kier molecular flexibility index (Phi) is 4.42. The maximum absolute atomic E-state index is 10.5. The molecule has 2 aromatic rings. The highest BCUT2D eigenvalue weighted by atomic mass is 35.5. The first-order valence-corrected chi connectivity index (χ1v) is 6.34. The molecule has 2 rings (SSSR count). The fourth-order valence-electron chi connectivity index (χ4n) is 1.87. The van der Waals surface area contributed by atoms with Crippen LogP contribution < -0.4 is 9.47 Å². The summed E-state index contributed by atoms with van der Waals surface area (Å²) in [6.07, 6.45) is 0.461. The van der Waals surface area contributed by atoms with E-state index >= 15 is 0 Å². The van der Waals surface area contributed by atoms with Gasteiger partial charge in [0.1, 0.15) is 11.8 Å². The molecule has 0 radical (unpaired) electrons. The molecule has 0 spiro atoms. The van der Waals surface area contributed by atoms with Crippen molar-refractivity contribution in [3.8, 4) is 11.8 Å². The molecule has 0 fully saturated rings. The van der Waals surface area contributed by atoms with Crippen LogP contribution in [0.5, 0.6) is 11.8 Å². The summed E-state index contributed by atoms with van der Waals surface area (Å²) < 4.78 is 10.1. The highest BCUT2D eigenvalue weighted by Crippen LogP contribution is 2.32. The molecule has 6 heteroatoms. The summed E-state index contributed by atoms with van der Waals surface area (Å²) in [6, 6.07) is 5.33. The van der Waals surface area contributed by atoms with Crippen molar-refractivity contribution in [2.75, 3.05) is 14.2 Å². The quantitative estimate of drug-likeness (QED) is 0.939. The topological polar surface area (TPSA) is 64.5 Å². The van der Waals surface area contributed by atoms with Crippen LogP contribution in [-0.2, 0) is 0 Å². The van der Waals surface area contributed by atoms with Crippen LogP contribution in [0.1, 0.15) is 22.9 Å². The minimum absolute atomic E-state index is 0.219. The smallest absolute Gasteiger partial charge is 0.241 e. The zero-order valence-electron chi connectivity index (χ0n) is 11.4. The Bertz CT molecular complexity index is 619. The second-order valence-corrected chi connectivity index (χ2v) is 4.57. The third-order valence-electron chi connectivity index (χ3n) is 3.01. The van der Waals surface area contributed by atoms with E-state index in [1.54, 1.807) is 18.2 Å². The number of hydrogen-bond donors (Lipinski definition) is 1. The summed E-state index contributed by atoms with van der Waals surface area (Å²) in [5, 5.41) is 11.1. The number of hydrogen-bond acceptors (Lipinski definition) is 5. The van der Waals surface area contributed by atoms with Crippen LogP contribution in [0.3, 0.4) is 0 Å². The largest absolute Gasteiger partial charge is 0.480 e. The average Bonchev–Trinajstić information content (AvgIpc) is 2.48. The van der Waals surface area contributed by atoms with Crippen molar-refractivity contribution in [2.45, 2.75) is 13.0 Å². The van der Waals surface area contributed by atoms with Crippen molar-refractivity contribution < 1.29 is 14.6 Å². The van der Waals surface area contributed by atoms with Gasteiger partial charge >= 0.3 is 0 Å². The van der Waals surface area contributed by atoms with Crippen molar-refractivity contribution in [1.82, 2.24) is 9.97 Å². The third-order valence-corrected chi connectivity index (χ3v) is 3.42. The molecule has 0 saturated carbocycles. The number of benzene rings is 1. The number of nitrogens with zero attached hydrogens (tertiary/aromatic N) is 2. The summed E-state index contributed by atoms with van der Waals surface area (Å²) in [7, 11) is 2.95. The Hall–Kier alpha value is -1.85. The van der Waals surface area contributed by atoms with Crippen LogP contribution in [0.4, 0.5) is 0 Å². The van der Waals surface area contributed by atoms with Gasteiger partial charge in [0, 0.05) is 5.02 Å². The highest BCUT2D eigenvalue weighted by molar-refractivity contribution is 6.31. The number of methoxy groups -OCH3 is 2. The van der Waals surface area contributed by atoms with E-state index in [1.165, 1.54) is 20.4 Å². The van der Waals surface area contributed by atoms with Gasteiger partial charge in [-0.15, -0.1) is 0 Å². The Morgan fingerprint density at radius 1 is 1.25 bits per heavy atom. The zero-order chi connectivity index (χ0) is 14.7. The summed E-state index contributed by atoms with van der Waals surface area (Å²) in [5.74, 6) is 0.539. The molecular weight excluding hydrogens is 280 g/mol. The number of rotatable bonds is 4. The van der Waals surface area contributed by atoms with Gasteiger partial charge in [0.05, 0.1) is 20.4 Å². The molecule has 1 N–H and O–H groups in total. The van der Waals surface area contributed by atoms with E-state index in [2.05, 4.69) is 9.97 Å². The Labute approximate surface area is 122 Å². The van der Waals surface area contributed by atoms with Gasteiger partial charge in [-0.3, -0.25) is 0 Å². The Balaban J connectivity index is 2.47. The second-order valence-electron chi connectivity index (χ2n) is 4.16. The van der Waals surface area contributed by atoms with Gasteiger partial charge in [0.15, 0.2) is 0 Å². The summed E-state index contributed by atoms with van der Waals surface area (Å²) in [5.41, 5.74) is 1.77. The molecule has 5 nitrogen and oxygen atoms in total. The minimum atomic E-state index is -0.970. The third kappa shape index (κ3) is 2.69. The number of halogens is 1. The summed E-state index contributed by atoms with van der Waals surface area (Å²) in [6.45, 7) is 1.84. The van der Waals surface area contributed by atoms with Crippen LogP contribution in [-0.4, -0.2) is 29.3 Å². The number of aliphatic hydroxyl groups excluding tert-OH is 1. The highest BCUT2D eigenvalue weighted by Gasteiger charge is 2.21. The van der Waals surface area contributed by atoms with E-state index in [4.69, 9.17) is 21.1 Å². The molecule has 1 aromatic carbocycles. The SMILES string of the molecule is COc1cnc(C(O)c2cccc(Cl)c2C)c(OC)n1. The molecule has 20 heavy (non-hydrogen) atoms. The molecular formula is C14H15ClN2O3.